The Hall–Kier alpha value is -3.25. The highest BCUT2D eigenvalue weighted by Gasteiger charge is 2.13. The predicted octanol–water partition coefficient (Wildman–Crippen LogP) is 1.52. The molecule has 0 amide bonds. The molecule has 0 saturated carbocycles. The summed E-state index contributed by atoms with van der Waals surface area (Å²) < 4.78 is 26.6. The first-order chi connectivity index (χ1) is 9.65. The van der Waals surface area contributed by atoms with E-state index >= 15 is 0 Å². The van der Waals surface area contributed by atoms with Gasteiger partial charge in [-0.15, -0.1) is 0 Å². The number of hydrogen-bond acceptors (Lipinski definition) is 8. The van der Waals surface area contributed by atoms with Crippen molar-refractivity contribution < 1.29 is 62.9 Å². The van der Waals surface area contributed by atoms with Crippen molar-refractivity contribution >= 4 is 24.6 Å². The standard InChI is InChI=1S/C4H5FO6.C4H4O6/c5-2(11-4(8)9)1-10-3(6)7;5-3(6)9-1-2-10-4(7)8/h2H,1H2,(H,6,7)(H,8,9);1-2H,(H,5,6)(H,7,8)/b;2-1+. The van der Waals surface area contributed by atoms with Gasteiger partial charge in [-0.2, -0.15) is 4.39 Å². The van der Waals surface area contributed by atoms with E-state index in [1.165, 1.54) is 0 Å². The van der Waals surface area contributed by atoms with Gasteiger partial charge in [-0.25, -0.2) is 19.2 Å². The minimum absolute atomic E-state index is 0.594. The van der Waals surface area contributed by atoms with E-state index in [1.54, 1.807) is 0 Å². The second-order valence-corrected chi connectivity index (χ2v) is 2.41. The molecule has 4 N–H and O–H groups in total. The summed E-state index contributed by atoms with van der Waals surface area (Å²) in [7, 11) is 0. The molecule has 13 heteroatoms. The molecule has 1 unspecified atom stereocenters. The van der Waals surface area contributed by atoms with E-state index in [-0.39, 0.29) is 0 Å². The second kappa shape index (κ2) is 11.8. The Morgan fingerprint density at radius 3 is 1.57 bits per heavy atom. The van der Waals surface area contributed by atoms with Crippen molar-refractivity contribution in [2.24, 2.45) is 0 Å². The number of carbonyl (C=O) groups is 4. The van der Waals surface area contributed by atoms with Crippen molar-refractivity contribution in [3.05, 3.63) is 12.5 Å². The Labute approximate surface area is 114 Å². The van der Waals surface area contributed by atoms with Crippen LogP contribution in [0.1, 0.15) is 0 Å². The smallest absolute Gasteiger partial charge is 0.450 e. The number of rotatable bonds is 5. The van der Waals surface area contributed by atoms with Crippen LogP contribution in [0, 0.1) is 0 Å². The molecule has 0 rings (SSSR count). The molecule has 1 atom stereocenters. The van der Waals surface area contributed by atoms with E-state index in [4.69, 9.17) is 20.4 Å². The minimum Gasteiger partial charge on any atom is -0.450 e. The monoisotopic (exact) mass is 316 g/mol. The number of halogens is 1. The van der Waals surface area contributed by atoms with Crippen molar-refractivity contribution in [1.82, 2.24) is 0 Å². The summed E-state index contributed by atoms with van der Waals surface area (Å²) in [5, 5.41) is 31.2. The maximum atomic E-state index is 12.0. The van der Waals surface area contributed by atoms with Gasteiger partial charge in [-0.05, 0) is 0 Å². The lowest BCUT2D eigenvalue weighted by Crippen LogP contribution is -2.19. The normalized spacial score (nSPS) is 10.5. The summed E-state index contributed by atoms with van der Waals surface area (Å²) >= 11 is 0. The SMILES string of the molecule is O=C(O)O/C=C/OC(=O)O.O=C(O)OCC(F)OC(=O)O. The Morgan fingerprint density at radius 1 is 0.857 bits per heavy atom. The maximum Gasteiger partial charge on any atom is 0.510 e. The van der Waals surface area contributed by atoms with Gasteiger partial charge in [0.25, 0.3) is 6.36 Å². The van der Waals surface area contributed by atoms with E-state index in [1.807, 2.05) is 0 Å². The molecule has 0 saturated heterocycles. The molecule has 0 aromatic heterocycles. The lowest BCUT2D eigenvalue weighted by molar-refractivity contribution is -0.0549. The lowest BCUT2D eigenvalue weighted by Gasteiger charge is -2.04. The van der Waals surface area contributed by atoms with Gasteiger partial charge in [0, 0.05) is 0 Å². The van der Waals surface area contributed by atoms with Crippen LogP contribution in [0.2, 0.25) is 0 Å². The molecule has 120 valence electrons. The van der Waals surface area contributed by atoms with Crippen molar-refractivity contribution in [3.63, 3.8) is 0 Å². The summed E-state index contributed by atoms with van der Waals surface area (Å²) in [5.41, 5.74) is 0. The van der Waals surface area contributed by atoms with Crippen molar-refractivity contribution in [3.8, 4) is 0 Å². The molecule has 12 nitrogen and oxygen atoms in total. The highest BCUT2D eigenvalue weighted by Crippen LogP contribution is 1.95. The van der Waals surface area contributed by atoms with Crippen LogP contribution in [0.3, 0.4) is 0 Å². The molecule has 21 heavy (non-hydrogen) atoms. The van der Waals surface area contributed by atoms with Gasteiger partial charge in [-0.3, -0.25) is 0 Å². The minimum atomic E-state index is -2.27. The van der Waals surface area contributed by atoms with Crippen LogP contribution in [0.25, 0.3) is 0 Å². The summed E-state index contributed by atoms with van der Waals surface area (Å²) in [6.07, 6.45) is -7.68. The third-order valence-electron chi connectivity index (χ3n) is 0.960. The molecule has 0 aliphatic heterocycles. The van der Waals surface area contributed by atoms with Crippen LogP contribution >= 0.6 is 0 Å². The molecular formula is C8H9FO12. The summed E-state index contributed by atoms with van der Waals surface area (Å²) in [6.45, 7) is -0.957. The predicted molar refractivity (Wildman–Crippen MR) is 55.3 cm³/mol. The summed E-state index contributed by atoms with van der Waals surface area (Å²) in [5.74, 6) is 0. The molecule has 0 heterocycles. The summed E-state index contributed by atoms with van der Waals surface area (Å²) in [4.78, 5) is 38.3. The highest BCUT2D eigenvalue weighted by atomic mass is 19.1. The van der Waals surface area contributed by atoms with Crippen molar-refractivity contribution in [1.29, 1.82) is 0 Å². The van der Waals surface area contributed by atoms with Crippen LogP contribution in [-0.4, -0.2) is 58.0 Å². The van der Waals surface area contributed by atoms with E-state index in [0.717, 1.165) is 0 Å². The molecule has 0 fully saturated rings. The molecular weight excluding hydrogens is 307 g/mol. The number of carboxylic acid groups (broad SMARTS) is 4. The Morgan fingerprint density at radius 2 is 1.29 bits per heavy atom. The first-order valence-corrected chi connectivity index (χ1v) is 4.48. The average molecular weight is 316 g/mol. The Bertz CT molecular complexity index is 373. The molecule has 0 aliphatic carbocycles. The van der Waals surface area contributed by atoms with Crippen LogP contribution in [-0.2, 0) is 18.9 Å². The zero-order valence-electron chi connectivity index (χ0n) is 9.87. The fraction of sp³-hybridized carbons (Fsp3) is 0.250. The Balaban J connectivity index is 0. The number of alkyl halides is 1. The summed E-state index contributed by atoms with van der Waals surface area (Å²) in [6, 6.07) is 0. The molecule has 0 aliphatic rings. The molecule has 0 radical (unpaired) electrons. The lowest BCUT2D eigenvalue weighted by atomic mass is 10.7. The van der Waals surface area contributed by atoms with Gasteiger partial charge in [-0.1, -0.05) is 0 Å². The average Bonchev–Trinajstić information content (AvgIpc) is 2.32. The van der Waals surface area contributed by atoms with Crippen molar-refractivity contribution in [2.45, 2.75) is 6.36 Å². The van der Waals surface area contributed by atoms with Gasteiger partial charge < -0.3 is 39.4 Å². The van der Waals surface area contributed by atoms with Gasteiger partial charge in [0.2, 0.25) is 0 Å². The first kappa shape index (κ1) is 20.1. The fourth-order valence-corrected chi connectivity index (χ4v) is 0.452. The zero-order chi connectivity index (χ0) is 16.8. The maximum absolute atomic E-state index is 12.0. The first-order valence-electron chi connectivity index (χ1n) is 4.48. The van der Waals surface area contributed by atoms with E-state index in [0.29, 0.717) is 12.5 Å². The number of hydrogen-bond donors (Lipinski definition) is 4. The van der Waals surface area contributed by atoms with Crippen molar-refractivity contribution in [2.75, 3.05) is 6.61 Å². The zero-order valence-corrected chi connectivity index (χ0v) is 9.87. The van der Waals surface area contributed by atoms with Crippen LogP contribution < -0.4 is 0 Å². The van der Waals surface area contributed by atoms with Gasteiger partial charge >= 0.3 is 24.6 Å². The quantitative estimate of drug-likeness (QED) is 0.326. The van der Waals surface area contributed by atoms with E-state index in [2.05, 4.69) is 18.9 Å². The van der Waals surface area contributed by atoms with Gasteiger partial charge in [0.15, 0.2) is 6.61 Å². The van der Waals surface area contributed by atoms with Crippen LogP contribution in [0.15, 0.2) is 12.5 Å². The largest absolute Gasteiger partial charge is 0.510 e. The van der Waals surface area contributed by atoms with E-state index < -0.39 is 37.6 Å². The van der Waals surface area contributed by atoms with Gasteiger partial charge in [0.05, 0.1) is 0 Å². The third kappa shape index (κ3) is 22.4. The van der Waals surface area contributed by atoms with Crippen LogP contribution in [0.5, 0.6) is 0 Å². The van der Waals surface area contributed by atoms with E-state index in [9.17, 15) is 23.6 Å². The topological polar surface area (TPSA) is 186 Å². The second-order valence-electron chi connectivity index (χ2n) is 2.41. The molecule has 0 spiro atoms. The molecule has 0 aromatic rings. The molecule has 0 bridgehead atoms. The highest BCUT2D eigenvalue weighted by molar-refractivity contribution is 5.59. The van der Waals surface area contributed by atoms with Crippen LogP contribution in [0.4, 0.5) is 23.6 Å². The van der Waals surface area contributed by atoms with Gasteiger partial charge in [0.1, 0.15) is 12.5 Å². The molecule has 0 aromatic carbocycles. The Kier molecular flexibility index (Phi) is 11.3. The number of ether oxygens (including phenoxy) is 4. The third-order valence-corrected chi connectivity index (χ3v) is 0.960. The fourth-order valence-electron chi connectivity index (χ4n) is 0.452.